The standard InChI is InChI=1S/C13H19NO3/c1-4-9(13(15)16)12(14)10-7-8(2)5-6-11(10)17-3/h5-7,9,12H,4,14H2,1-3H3,(H,15,16). The predicted octanol–water partition coefficient (Wildman–Crippen LogP) is 2.11. The molecule has 0 radical (unpaired) electrons. The largest absolute Gasteiger partial charge is 0.496 e. The fraction of sp³-hybridized carbons (Fsp3) is 0.462. The Labute approximate surface area is 101 Å². The fourth-order valence-corrected chi connectivity index (χ4v) is 1.91. The Bertz CT molecular complexity index is 404. The van der Waals surface area contributed by atoms with E-state index >= 15 is 0 Å². The van der Waals surface area contributed by atoms with Crippen molar-refractivity contribution in [3.8, 4) is 5.75 Å². The highest BCUT2D eigenvalue weighted by molar-refractivity contribution is 5.71. The number of hydrogen-bond donors (Lipinski definition) is 2. The number of hydrogen-bond acceptors (Lipinski definition) is 3. The molecule has 2 atom stereocenters. The maximum absolute atomic E-state index is 11.1. The van der Waals surface area contributed by atoms with Gasteiger partial charge in [-0.2, -0.15) is 0 Å². The molecule has 1 rings (SSSR count). The van der Waals surface area contributed by atoms with Crippen molar-refractivity contribution in [1.29, 1.82) is 0 Å². The third-order valence-electron chi connectivity index (χ3n) is 2.93. The van der Waals surface area contributed by atoms with Gasteiger partial charge in [0.25, 0.3) is 0 Å². The van der Waals surface area contributed by atoms with E-state index in [0.29, 0.717) is 12.2 Å². The van der Waals surface area contributed by atoms with Crippen molar-refractivity contribution < 1.29 is 14.6 Å². The highest BCUT2D eigenvalue weighted by Gasteiger charge is 2.26. The first kappa shape index (κ1) is 13.5. The first-order chi connectivity index (χ1) is 8.01. The van der Waals surface area contributed by atoms with Crippen LogP contribution >= 0.6 is 0 Å². The molecule has 1 aromatic rings. The molecule has 94 valence electrons. The van der Waals surface area contributed by atoms with Gasteiger partial charge in [0.2, 0.25) is 0 Å². The van der Waals surface area contributed by atoms with E-state index in [9.17, 15) is 4.79 Å². The summed E-state index contributed by atoms with van der Waals surface area (Å²) in [6.45, 7) is 3.76. The molecule has 0 aromatic heterocycles. The number of carbonyl (C=O) groups is 1. The van der Waals surface area contributed by atoms with E-state index in [2.05, 4.69) is 0 Å². The molecule has 0 bridgehead atoms. The molecule has 0 fully saturated rings. The van der Waals surface area contributed by atoms with Crippen molar-refractivity contribution in [3.63, 3.8) is 0 Å². The zero-order valence-corrected chi connectivity index (χ0v) is 10.4. The Balaban J connectivity index is 3.13. The Morgan fingerprint density at radius 1 is 1.53 bits per heavy atom. The van der Waals surface area contributed by atoms with Gasteiger partial charge in [0, 0.05) is 11.6 Å². The van der Waals surface area contributed by atoms with Crippen molar-refractivity contribution >= 4 is 5.97 Å². The lowest BCUT2D eigenvalue weighted by Crippen LogP contribution is -2.28. The molecule has 0 saturated heterocycles. The van der Waals surface area contributed by atoms with Gasteiger partial charge in [0.15, 0.2) is 0 Å². The van der Waals surface area contributed by atoms with Gasteiger partial charge in [0.05, 0.1) is 13.0 Å². The lowest BCUT2D eigenvalue weighted by atomic mass is 9.90. The second-order valence-corrected chi connectivity index (χ2v) is 4.12. The number of methoxy groups -OCH3 is 1. The summed E-state index contributed by atoms with van der Waals surface area (Å²) in [5, 5.41) is 9.12. The lowest BCUT2D eigenvalue weighted by molar-refractivity contribution is -0.142. The van der Waals surface area contributed by atoms with E-state index in [4.69, 9.17) is 15.6 Å². The second kappa shape index (κ2) is 5.68. The minimum Gasteiger partial charge on any atom is -0.496 e. The SMILES string of the molecule is CCC(C(=O)O)C(N)c1cc(C)ccc1OC. The van der Waals surface area contributed by atoms with Crippen LogP contribution in [0.5, 0.6) is 5.75 Å². The van der Waals surface area contributed by atoms with Crippen molar-refractivity contribution in [2.45, 2.75) is 26.3 Å². The van der Waals surface area contributed by atoms with Crippen LogP contribution in [0.15, 0.2) is 18.2 Å². The average Bonchev–Trinajstić information content (AvgIpc) is 2.29. The molecule has 4 heteroatoms. The van der Waals surface area contributed by atoms with E-state index in [-0.39, 0.29) is 0 Å². The molecule has 1 aromatic carbocycles. The molecule has 0 aliphatic rings. The van der Waals surface area contributed by atoms with Gasteiger partial charge < -0.3 is 15.6 Å². The molecule has 17 heavy (non-hydrogen) atoms. The van der Waals surface area contributed by atoms with E-state index in [1.807, 2.05) is 32.0 Å². The molecular weight excluding hydrogens is 218 g/mol. The van der Waals surface area contributed by atoms with Gasteiger partial charge in [-0.15, -0.1) is 0 Å². The van der Waals surface area contributed by atoms with Crippen molar-refractivity contribution in [2.75, 3.05) is 7.11 Å². The molecule has 0 aliphatic carbocycles. The molecule has 0 spiro atoms. The normalized spacial score (nSPS) is 14.1. The Morgan fingerprint density at radius 3 is 2.65 bits per heavy atom. The summed E-state index contributed by atoms with van der Waals surface area (Å²) in [7, 11) is 1.56. The number of carboxylic acids is 1. The molecular formula is C13H19NO3. The van der Waals surface area contributed by atoms with Crippen LogP contribution in [-0.2, 0) is 4.79 Å². The number of ether oxygens (including phenoxy) is 1. The van der Waals surface area contributed by atoms with Crippen LogP contribution in [0, 0.1) is 12.8 Å². The van der Waals surface area contributed by atoms with Gasteiger partial charge in [-0.1, -0.05) is 24.6 Å². The smallest absolute Gasteiger partial charge is 0.308 e. The topological polar surface area (TPSA) is 72.5 Å². The summed E-state index contributed by atoms with van der Waals surface area (Å²) < 4.78 is 5.22. The molecule has 0 aliphatic heterocycles. The number of aliphatic carboxylic acids is 1. The quantitative estimate of drug-likeness (QED) is 0.822. The van der Waals surface area contributed by atoms with Gasteiger partial charge in [-0.25, -0.2) is 0 Å². The van der Waals surface area contributed by atoms with Gasteiger partial charge in [0.1, 0.15) is 5.75 Å². The van der Waals surface area contributed by atoms with E-state index in [0.717, 1.165) is 11.1 Å². The summed E-state index contributed by atoms with van der Waals surface area (Å²) in [5.41, 5.74) is 7.83. The van der Waals surface area contributed by atoms with Crippen molar-refractivity contribution in [2.24, 2.45) is 11.7 Å². The number of benzene rings is 1. The maximum Gasteiger partial charge on any atom is 0.308 e. The Hall–Kier alpha value is -1.55. The van der Waals surface area contributed by atoms with Crippen LogP contribution in [0.25, 0.3) is 0 Å². The fourth-order valence-electron chi connectivity index (χ4n) is 1.91. The van der Waals surface area contributed by atoms with Gasteiger partial charge >= 0.3 is 5.97 Å². The predicted molar refractivity (Wildman–Crippen MR) is 66.1 cm³/mol. The minimum atomic E-state index is -0.872. The zero-order valence-electron chi connectivity index (χ0n) is 10.4. The Morgan fingerprint density at radius 2 is 2.18 bits per heavy atom. The highest BCUT2D eigenvalue weighted by Crippen LogP contribution is 2.30. The van der Waals surface area contributed by atoms with Crippen LogP contribution in [-0.4, -0.2) is 18.2 Å². The monoisotopic (exact) mass is 237 g/mol. The lowest BCUT2D eigenvalue weighted by Gasteiger charge is -2.21. The highest BCUT2D eigenvalue weighted by atomic mass is 16.5. The molecule has 3 N–H and O–H groups in total. The second-order valence-electron chi connectivity index (χ2n) is 4.12. The first-order valence-corrected chi connectivity index (χ1v) is 5.64. The van der Waals surface area contributed by atoms with E-state index in [1.165, 1.54) is 0 Å². The van der Waals surface area contributed by atoms with Crippen LogP contribution in [0.2, 0.25) is 0 Å². The van der Waals surface area contributed by atoms with Gasteiger partial charge in [-0.05, 0) is 19.4 Å². The van der Waals surface area contributed by atoms with Crippen LogP contribution in [0.1, 0.15) is 30.5 Å². The molecule has 0 amide bonds. The average molecular weight is 237 g/mol. The Kier molecular flexibility index (Phi) is 4.52. The summed E-state index contributed by atoms with van der Waals surface area (Å²) in [5.74, 6) is -0.822. The number of aryl methyl sites for hydroxylation is 1. The molecule has 0 saturated carbocycles. The third-order valence-corrected chi connectivity index (χ3v) is 2.93. The van der Waals surface area contributed by atoms with Crippen molar-refractivity contribution in [3.05, 3.63) is 29.3 Å². The van der Waals surface area contributed by atoms with Gasteiger partial charge in [-0.3, -0.25) is 4.79 Å². The zero-order chi connectivity index (χ0) is 13.0. The van der Waals surface area contributed by atoms with Crippen molar-refractivity contribution in [1.82, 2.24) is 0 Å². The van der Waals surface area contributed by atoms with E-state index in [1.54, 1.807) is 7.11 Å². The minimum absolute atomic E-state index is 0.494. The van der Waals surface area contributed by atoms with E-state index < -0.39 is 17.9 Å². The van der Waals surface area contributed by atoms with Crippen LogP contribution in [0.4, 0.5) is 0 Å². The number of nitrogens with two attached hydrogens (primary N) is 1. The van der Waals surface area contributed by atoms with Crippen LogP contribution < -0.4 is 10.5 Å². The number of carboxylic acid groups (broad SMARTS) is 1. The molecule has 4 nitrogen and oxygen atoms in total. The summed E-state index contributed by atoms with van der Waals surface area (Å²) in [6.07, 6.45) is 0.494. The van der Waals surface area contributed by atoms with Crippen LogP contribution in [0.3, 0.4) is 0 Å². The molecule has 0 heterocycles. The summed E-state index contributed by atoms with van der Waals surface area (Å²) in [4.78, 5) is 11.1. The maximum atomic E-state index is 11.1. The number of rotatable bonds is 5. The molecule has 2 unspecified atom stereocenters. The third kappa shape index (κ3) is 2.97. The first-order valence-electron chi connectivity index (χ1n) is 5.64. The summed E-state index contributed by atoms with van der Waals surface area (Å²) in [6, 6.07) is 5.07. The summed E-state index contributed by atoms with van der Waals surface area (Å²) >= 11 is 0.